The van der Waals surface area contributed by atoms with Crippen molar-refractivity contribution in [2.24, 2.45) is 0 Å². The van der Waals surface area contributed by atoms with Gasteiger partial charge in [0.1, 0.15) is 0 Å². The van der Waals surface area contributed by atoms with Gasteiger partial charge in [-0.3, -0.25) is 0 Å². The highest BCUT2D eigenvalue weighted by Gasteiger charge is 2.10. The van der Waals surface area contributed by atoms with E-state index in [1.807, 2.05) is 0 Å². The van der Waals surface area contributed by atoms with Gasteiger partial charge in [-0.25, -0.2) is 13.6 Å². The summed E-state index contributed by atoms with van der Waals surface area (Å²) in [6, 6.07) is 3.82. The van der Waals surface area contributed by atoms with Crippen molar-refractivity contribution in [2.75, 3.05) is 6.61 Å². The van der Waals surface area contributed by atoms with E-state index in [9.17, 15) is 13.6 Å². The average Bonchev–Trinajstić information content (AvgIpc) is 2.22. The van der Waals surface area contributed by atoms with Gasteiger partial charge in [0.15, 0.2) is 11.6 Å². The topological polar surface area (TPSA) is 26.3 Å². The maximum Gasteiger partial charge on any atom is 0.331 e. The molecule has 0 unspecified atom stereocenters. The molecule has 0 aliphatic heterocycles. The number of hydrogen-bond acceptors (Lipinski definition) is 2. The highest BCUT2D eigenvalue weighted by atomic mass is 19.2. The van der Waals surface area contributed by atoms with Crippen molar-refractivity contribution in [3.63, 3.8) is 0 Å². The Morgan fingerprint density at radius 1 is 1.44 bits per heavy atom. The van der Waals surface area contributed by atoms with Gasteiger partial charge in [-0.15, -0.1) is 0 Å². The van der Waals surface area contributed by atoms with Crippen LogP contribution in [-0.2, 0) is 9.53 Å². The molecule has 0 saturated carbocycles. The van der Waals surface area contributed by atoms with E-state index < -0.39 is 17.6 Å². The zero-order valence-corrected chi connectivity index (χ0v) is 9.09. The molecule has 1 aromatic rings. The third-order valence-electron chi connectivity index (χ3n) is 2.00. The molecule has 0 N–H and O–H groups in total. The molecule has 0 heterocycles. The van der Waals surface area contributed by atoms with Crippen LogP contribution in [0.4, 0.5) is 8.78 Å². The number of halogens is 2. The lowest BCUT2D eigenvalue weighted by Crippen LogP contribution is -2.01. The van der Waals surface area contributed by atoms with Crippen molar-refractivity contribution < 1.29 is 18.3 Å². The Kier molecular flexibility index (Phi) is 4.17. The van der Waals surface area contributed by atoms with Crippen LogP contribution in [0.2, 0.25) is 0 Å². The number of ether oxygens (including phenoxy) is 1. The first kappa shape index (κ1) is 12.4. The summed E-state index contributed by atoms with van der Waals surface area (Å²) in [5.41, 5.74) is 0.392. The van der Waals surface area contributed by atoms with Crippen molar-refractivity contribution in [3.05, 3.63) is 41.5 Å². The summed E-state index contributed by atoms with van der Waals surface area (Å²) in [6.07, 6.45) is 1.14. The van der Waals surface area contributed by atoms with E-state index >= 15 is 0 Å². The number of esters is 1. The smallest absolute Gasteiger partial charge is 0.331 e. The van der Waals surface area contributed by atoms with Gasteiger partial charge in [0, 0.05) is 11.6 Å². The lowest BCUT2D eigenvalue weighted by atomic mass is 10.1. The van der Waals surface area contributed by atoms with E-state index in [4.69, 9.17) is 0 Å². The summed E-state index contributed by atoms with van der Waals surface area (Å²) in [7, 11) is 0. The van der Waals surface area contributed by atoms with Crippen LogP contribution in [0.3, 0.4) is 0 Å². The molecule has 0 atom stereocenters. The first-order valence-corrected chi connectivity index (χ1v) is 4.85. The molecule has 0 radical (unpaired) electrons. The monoisotopic (exact) mass is 226 g/mol. The van der Waals surface area contributed by atoms with Crippen molar-refractivity contribution >= 4 is 11.5 Å². The zero-order chi connectivity index (χ0) is 12.1. The normalized spacial score (nSPS) is 11.4. The summed E-state index contributed by atoms with van der Waals surface area (Å²) < 4.78 is 30.9. The van der Waals surface area contributed by atoms with E-state index in [2.05, 4.69) is 4.74 Å². The fraction of sp³-hybridized carbons (Fsp3) is 0.250. The van der Waals surface area contributed by atoms with Gasteiger partial charge in [-0.05, 0) is 25.5 Å². The second kappa shape index (κ2) is 5.39. The summed E-state index contributed by atoms with van der Waals surface area (Å²) in [4.78, 5) is 11.1. The Morgan fingerprint density at radius 3 is 2.75 bits per heavy atom. The van der Waals surface area contributed by atoms with Crippen molar-refractivity contribution in [1.29, 1.82) is 0 Å². The summed E-state index contributed by atoms with van der Waals surface area (Å²) in [5.74, 6) is -2.46. The fourth-order valence-electron chi connectivity index (χ4n) is 1.25. The van der Waals surface area contributed by atoms with Crippen LogP contribution >= 0.6 is 0 Å². The maximum atomic E-state index is 13.3. The van der Waals surface area contributed by atoms with E-state index in [1.54, 1.807) is 6.92 Å². The second-order valence-electron chi connectivity index (χ2n) is 3.18. The van der Waals surface area contributed by atoms with Gasteiger partial charge in [-0.1, -0.05) is 12.1 Å². The zero-order valence-electron chi connectivity index (χ0n) is 9.09. The molecule has 0 saturated heterocycles. The van der Waals surface area contributed by atoms with E-state index in [1.165, 1.54) is 19.1 Å². The Balaban J connectivity index is 3.00. The number of carbonyl (C=O) groups is 1. The molecule has 0 fully saturated rings. The molecule has 0 spiro atoms. The number of carbonyl (C=O) groups excluding carboxylic acids is 1. The molecule has 0 amide bonds. The largest absolute Gasteiger partial charge is 0.463 e. The minimum Gasteiger partial charge on any atom is -0.463 e. The Morgan fingerprint density at radius 2 is 2.12 bits per heavy atom. The van der Waals surface area contributed by atoms with Crippen LogP contribution in [0.25, 0.3) is 5.57 Å². The van der Waals surface area contributed by atoms with Gasteiger partial charge in [0.05, 0.1) is 6.61 Å². The Hall–Kier alpha value is -1.71. The molecular formula is C12H12F2O2. The highest BCUT2D eigenvalue weighted by molar-refractivity contribution is 5.90. The molecule has 0 aliphatic carbocycles. The van der Waals surface area contributed by atoms with Crippen molar-refractivity contribution in [3.8, 4) is 0 Å². The standard InChI is InChI=1S/C12H12F2O2/c1-3-16-11(15)7-8(2)9-5-4-6-10(13)12(9)14/h4-7H,3H2,1-2H3/b8-7-. The highest BCUT2D eigenvalue weighted by Crippen LogP contribution is 2.19. The molecule has 2 nitrogen and oxygen atoms in total. The van der Waals surface area contributed by atoms with Crippen LogP contribution in [0.15, 0.2) is 24.3 Å². The SMILES string of the molecule is CCOC(=O)/C=C(/C)c1cccc(F)c1F. The predicted octanol–water partition coefficient (Wildman–Crippen LogP) is 2.93. The summed E-state index contributed by atoms with van der Waals surface area (Å²) in [5, 5.41) is 0. The number of hydrogen-bond donors (Lipinski definition) is 0. The summed E-state index contributed by atoms with van der Waals surface area (Å²) >= 11 is 0. The van der Waals surface area contributed by atoms with Gasteiger partial charge in [0.2, 0.25) is 0 Å². The second-order valence-corrected chi connectivity index (χ2v) is 3.18. The third kappa shape index (κ3) is 2.89. The third-order valence-corrected chi connectivity index (χ3v) is 2.00. The predicted molar refractivity (Wildman–Crippen MR) is 56.6 cm³/mol. The molecule has 86 valence electrons. The van der Waals surface area contributed by atoms with Gasteiger partial charge < -0.3 is 4.74 Å². The van der Waals surface area contributed by atoms with Crippen LogP contribution < -0.4 is 0 Å². The van der Waals surface area contributed by atoms with Crippen LogP contribution in [-0.4, -0.2) is 12.6 Å². The Bertz CT molecular complexity index is 425. The Labute approximate surface area is 92.5 Å². The minimum atomic E-state index is -0.958. The number of allylic oxidation sites excluding steroid dienone is 1. The molecule has 0 aliphatic rings. The van der Waals surface area contributed by atoms with Gasteiger partial charge >= 0.3 is 5.97 Å². The maximum absolute atomic E-state index is 13.3. The lowest BCUT2D eigenvalue weighted by Gasteiger charge is -2.04. The van der Waals surface area contributed by atoms with Gasteiger partial charge in [0.25, 0.3) is 0 Å². The molecule has 16 heavy (non-hydrogen) atoms. The summed E-state index contributed by atoms with van der Waals surface area (Å²) in [6.45, 7) is 3.44. The number of benzene rings is 1. The quantitative estimate of drug-likeness (QED) is 0.585. The molecular weight excluding hydrogens is 214 g/mol. The molecule has 1 aromatic carbocycles. The van der Waals surface area contributed by atoms with Crippen LogP contribution in [0.5, 0.6) is 0 Å². The van der Waals surface area contributed by atoms with Crippen molar-refractivity contribution in [2.45, 2.75) is 13.8 Å². The molecule has 4 heteroatoms. The number of rotatable bonds is 3. The van der Waals surface area contributed by atoms with Crippen LogP contribution in [0.1, 0.15) is 19.4 Å². The molecule has 0 aromatic heterocycles. The first-order valence-electron chi connectivity index (χ1n) is 4.85. The average molecular weight is 226 g/mol. The van der Waals surface area contributed by atoms with E-state index in [0.29, 0.717) is 5.57 Å². The molecule has 1 rings (SSSR count). The minimum absolute atomic E-state index is 0.0630. The molecule has 0 bridgehead atoms. The van der Waals surface area contributed by atoms with E-state index in [0.717, 1.165) is 12.1 Å². The van der Waals surface area contributed by atoms with Gasteiger partial charge in [-0.2, -0.15) is 0 Å². The van der Waals surface area contributed by atoms with Crippen LogP contribution in [0, 0.1) is 11.6 Å². The fourth-order valence-corrected chi connectivity index (χ4v) is 1.25. The van der Waals surface area contributed by atoms with Crippen molar-refractivity contribution in [1.82, 2.24) is 0 Å². The first-order chi connectivity index (χ1) is 7.56. The lowest BCUT2D eigenvalue weighted by molar-refractivity contribution is -0.137. The van der Waals surface area contributed by atoms with E-state index in [-0.39, 0.29) is 12.2 Å².